The minimum atomic E-state index is -0.141. The van der Waals surface area contributed by atoms with Gasteiger partial charge >= 0.3 is 0 Å². The minimum absolute atomic E-state index is 0.141. The molecule has 0 radical (unpaired) electrons. The molecule has 2 nitrogen and oxygen atoms in total. The van der Waals surface area contributed by atoms with Crippen LogP contribution in [0.25, 0.3) is 6.08 Å². The van der Waals surface area contributed by atoms with Crippen LogP contribution in [-0.2, 0) is 4.79 Å². The number of rotatable bonds is 3. The number of ketones is 1. The smallest absolute Gasteiger partial charge is 0.155 e. The predicted molar refractivity (Wildman–Crippen MR) is 74.6 cm³/mol. The molecule has 0 amide bonds. The Labute approximate surface area is 106 Å². The summed E-state index contributed by atoms with van der Waals surface area (Å²) in [4.78, 5) is 15.5. The molecule has 0 aliphatic carbocycles. The maximum Gasteiger partial charge on any atom is 0.155 e. The van der Waals surface area contributed by atoms with Crippen LogP contribution in [0.4, 0.5) is 0 Å². The number of Topliss-reactive ketones (excluding diaryl/α,β-unsaturated/α-hetero) is 1. The van der Waals surface area contributed by atoms with Crippen molar-refractivity contribution < 1.29 is 4.79 Å². The Balaban J connectivity index is 2.04. The van der Waals surface area contributed by atoms with Gasteiger partial charge in [0.2, 0.25) is 0 Å². The first-order valence-electron chi connectivity index (χ1n) is 5.61. The normalized spacial score (nSPS) is 19.6. The zero-order valence-corrected chi connectivity index (χ0v) is 10.8. The van der Waals surface area contributed by atoms with Gasteiger partial charge in [-0.1, -0.05) is 35.9 Å². The van der Waals surface area contributed by atoms with Crippen LogP contribution in [-0.4, -0.2) is 22.6 Å². The largest absolute Gasteiger partial charge is 0.298 e. The third-order valence-electron chi connectivity index (χ3n) is 2.64. The molecular weight excluding hydrogens is 230 g/mol. The van der Waals surface area contributed by atoms with E-state index >= 15 is 0 Å². The number of nitrogens with zero attached hydrogens (tertiary/aromatic N) is 1. The summed E-state index contributed by atoms with van der Waals surface area (Å²) >= 11 is 1.64. The lowest BCUT2D eigenvalue weighted by atomic mass is 10.1. The average molecular weight is 245 g/mol. The van der Waals surface area contributed by atoms with E-state index in [-0.39, 0.29) is 11.8 Å². The van der Waals surface area contributed by atoms with Crippen molar-refractivity contribution >= 4 is 28.7 Å². The number of carbonyl (C=O) groups excluding carboxylic acids is 1. The first-order chi connectivity index (χ1) is 8.15. The van der Waals surface area contributed by atoms with E-state index < -0.39 is 0 Å². The van der Waals surface area contributed by atoms with Gasteiger partial charge < -0.3 is 0 Å². The summed E-state index contributed by atoms with van der Waals surface area (Å²) in [5, 5.41) is 0.950. The lowest BCUT2D eigenvalue weighted by Gasteiger charge is -1.95. The number of aryl methyl sites for hydroxylation is 1. The van der Waals surface area contributed by atoms with Crippen LogP contribution >= 0.6 is 11.8 Å². The maximum absolute atomic E-state index is 11.2. The third-order valence-corrected chi connectivity index (χ3v) is 3.66. The van der Waals surface area contributed by atoms with Gasteiger partial charge in [0.1, 0.15) is 6.04 Å². The van der Waals surface area contributed by atoms with Crippen molar-refractivity contribution in [2.45, 2.75) is 19.9 Å². The summed E-state index contributed by atoms with van der Waals surface area (Å²) in [5.74, 6) is 0.930. The van der Waals surface area contributed by atoms with E-state index in [9.17, 15) is 4.79 Å². The van der Waals surface area contributed by atoms with Gasteiger partial charge in [-0.05, 0) is 25.5 Å². The molecule has 0 unspecified atom stereocenters. The van der Waals surface area contributed by atoms with Gasteiger partial charge in [0, 0.05) is 5.75 Å². The minimum Gasteiger partial charge on any atom is -0.298 e. The molecule has 1 aliphatic heterocycles. The Hall–Kier alpha value is -1.35. The zero-order valence-electron chi connectivity index (χ0n) is 10.0. The molecule has 3 heteroatoms. The van der Waals surface area contributed by atoms with Crippen LogP contribution < -0.4 is 0 Å². The standard InChI is InChI=1S/C14H15NOS/c1-10-3-5-12(6-4-10)7-8-14-15-13(9-17-14)11(2)16/h3-8,13H,9H2,1-2H3/b8-7+/t13-/m1/s1. The van der Waals surface area contributed by atoms with Crippen molar-refractivity contribution in [1.29, 1.82) is 0 Å². The van der Waals surface area contributed by atoms with E-state index in [0.29, 0.717) is 0 Å². The summed E-state index contributed by atoms with van der Waals surface area (Å²) in [6.45, 7) is 3.67. The number of aliphatic imine (C=N–C) groups is 1. The number of hydrogen-bond acceptors (Lipinski definition) is 3. The SMILES string of the molecule is CC(=O)[C@H]1CSC(/C=C/c2ccc(C)cc2)=N1. The van der Waals surface area contributed by atoms with Gasteiger partial charge in [0.15, 0.2) is 5.78 Å². The van der Waals surface area contributed by atoms with Crippen molar-refractivity contribution in [2.75, 3.05) is 5.75 Å². The van der Waals surface area contributed by atoms with Crippen molar-refractivity contribution in [1.82, 2.24) is 0 Å². The number of hydrogen-bond donors (Lipinski definition) is 0. The molecule has 1 heterocycles. The quantitative estimate of drug-likeness (QED) is 0.819. The molecule has 0 bridgehead atoms. The number of thioether (sulfide) groups is 1. The second kappa shape index (κ2) is 5.32. The fourth-order valence-corrected chi connectivity index (χ4v) is 2.54. The Kier molecular flexibility index (Phi) is 3.79. The zero-order chi connectivity index (χ0) is 12.3. The van der Waals surface area contributed by atoms with Crippen LogP contribution in [0.5, 0.6) is 0 Å². The Bertz CT molecular complexity index is 474. The number of carbonyl (C=O) groups is 1. The highest BCUT2D eigenvalue weighted by molar-refractivity contribution is 8.14. The Morgan fingerprint density at radius 1 is 1.35 bits per heavy atom. The average Bonchev–Trinajstić information content (AvgIpc) is 2.77. The van der Waals surface area contributed by atoms with Crippen molar-refractivity contribution in [3.63, 3.8) is 0 Å². The molecule has 0 spiro atoms. The van der Waals surface area contributed by atoms with Gasteiger partial charge in [-0.2, -0.15) is 0 Å². The van der Waals surface area contributed by atoms with Crippen LogP contribution in [0.2, 0.25) is 0 Å². The Morgan fingerprint density at radius 3 is 2.65 bits per heavy atom. The topological polar surface area (TPSA) is 29.4 Å². The highest BCUT2D eigenvalue weighted by Gasteiger charge is 2.19. The number of benzene rings is 1. The molecule has 1 atom stereocenters. The molecule has 0 N–H and O–H groups in total. The van der Waals surface area contributed by atoms with E-state index in [1.54, 1.807) is 18.7 Å². The first kappa shape index (κ1) is 12.1. The third kappa shape index (κ3) is 3.30. The highest BCUT2D eigenvalue weighted by atomic mass is 32.2. The maximum atomic E-state index is 11.2. The van der Waals surface area contributed by atoms with E-state index in [2.05, 4.69) is 36.2 Å². The lowest BCUT2D eigenvalue weighted by Crippen LogP contribution is -2.14. The predicted octanol–water partition coefficient (Wildman–Crippen LogP) is 3.11. The molecular formula is C14H15NOS. The molecule has 0 saturated heterocycles. The molecule has 1 aromatic rings. The summed E-state index contributed by atoms with van der Waals surface area (Å²) in [6, 6.07) is 8.18. The molecule has 0 fully saturated rings. The second-order valence-corrected chi connectivity index (χ2v) is 5.19. The fraction of sp³-hybridized carbons (Fsp3) is 0.286. The first-order valence-corrected chi connectivity index (χ1v) is 6.59. The summed E-state index contributed by atoms with van der Waals surface area (Å²) in [7, 11) is 0. The molecule has 0 saturated carbocycles. The molecule has 1 aliphatic rings. The van der Waals surface area contributed by atoms with Gasteiger partial charge in [-0.15, -0.1) is 11.8 Å². The van der Waals surface area contributed by atoms with Gasteiger partial charge in [-0.25, -0.2) is 0 Å². The lowest BCUT2D eigenvalue weighted by molar-refractivity contribution is -0.117. The van der Waals surface area contributed by atoms with Crippen molar-refractivity contribution in [3.05, 3.63) is 41.5 Å². The van der Waals surface area contributed by atoms with Crippen LogP contribution in [0.1, 0.15) is 18.1 Å². The summed E-state index contributed by atoms with van der Waals surface area (Å²) < 4.78 is 0. The van der Waals surface area contributed by atoms with E-state index in [4.69, 9.17) is 0 Å². The highest BCUT2D eigenvalue weighted by Crippen LogP contribution is 2.20. The summed E-state index contributed by atoms with van der Waals surface area (Å²) in [6.07, 6.45) is 4.02. The van der Waals surface area contributed by atoms with Gasteiger partial charge in [-0.3, -0.25) is 9.79 Å². The van der Waals surface area contributed by atoms with Crippen molar-refractivity contribution in [2.24, 2.45) is 4.99 Å². The van der Waals surface area contributed by atoms with E-state index in [0.717, 1.165) is 16.4 Å². The van der Waals surface area contributed by atoms with E-state index in [1.165, 1.54) is 5.56 Å². The molecule has 17 heavy (non-hydrogen) atoms. The second-order valence-electron chi connectivity index (χ2n) is 4.15. The summed E-state index contributed by atoms with van der Waals surface area (Å²) in [5.41, 5.74) is 2.41. The molecule has 0 aromatic heterocycles. The molecule has 1 aromatic carbocycles. The molecule has 88 valence electrons. The van der Waals surface area contributed by atoms with Crippen LogP contribution in [0, 0.1) is 6.92 Å². The van der Waals surface area contributed by atoms with Gasteiger partial charge in [0.25, 0.3) is 0 Å². The molecule has 2 rings (SSSR count). The van der Waals surface area contributed by atoms with Crippen LogP contribution in [0.15, 0.2) is 35.3 Å². The fourth-order valence-electron chi connectivity index (χ4n) is 1.54. The van der Waals surface area contributed by atoms with E-state index in [1.807, 2.05) is 12.2 Å². The Morgan fingerprint density at radius 2 is 2.06 bits per heavy atom. The van der Waals surface area contributed by atoms with Gasteiger partial charge in [0.05, 0.1) is 5.04 Å². The van der Waals surface area contributed by atoms with Crippen LogP contribution in [0.3, 0.4) is 0 Å². The monoisotopic (exact) mass is 245 g/mol. The van der Waals surface area contributed by atoms with Crippen molar-refractivity contribution in [3.8, 4) is 0 Å².